The number of nitrogens with one attached hydrogen (secondary N) is 1. The van der Waals surface area contributed by atoms with Crippen LogP contribution in [0, 0.1) is 0 Å². The number of likely N-dealkylation sites (tertiary alicyclic amines) is 1. The highest BCUT2D eigenvalue weighted by Gasteiger charge is 2.26. The predicted octanol–water partition coefficient (Wildman–Crippen LogP) is 1.71. The van der Waals surface area contributed by atoms with Crippen molar-refractivity contribution in [1.29, 1.82) is 0 Å². The van der Waals surface area contributed by atoms with E-state index in [0.717, 1.165) is 37.4 Å². The highest BCUT2D eigenvalue weighted by atomic mass is 16.2. The van der Waals surface area contributed by atoms with Gasteiger partial charge in [-0.2, -0.15) is 4.98 Å². The molecule has 1 amide bonds. The Morgan fingerprint density at radius 1 is 1.20 bits per heavy atom. The van der Waals surface area contributed by atoms with E-state index in [9.17, 15) is 4.79 Å². The molecule has 134 valence electrons. The predicted molar refractivity (Wildman–Crippen MR) is 99.0 cm³/mol. The first kappa shape index (κ1) is 17.3. The van der Waals surface area contributed by atoms with Crippen LogP contribution in [0.15, 0.2) is 30.3 Å². The topological polar surface area (TPSA) is 68.4 Å². The van der Waals surface area contributed by atoms with E-state index in [1.54, 1.807) is 0 Å². The molecule has 1 aromatic carbocycles. The summed E-state index contributed by atoms with van der Waals surface area (Å²) in [5.74, 6) is 2.16. The molecule has 1 aliphatic heterocycles. The molecule has 1 aromatic heterocycles. The molecule has 0 atom stereocenters. The molecule has 1 fully saturated rings. The van der Waals surface area contributed by atoms with Gasteiger partial charge in [-0.25, -0.2) is 0 Å². The molecule has 0 aliphatic carbocycles. The zero-order valence-electron chi connectivity index (χ0n) is 15.1. The second-order valence-electron chi connectivity index (χ2n) is 6.76. The molecule has 7 nitrogen and oxygen atoms in total. The Bertz CT molecular complexity index is 691. The number of hydrogen-bond donors (Lipinski definition) is 1. The minimum absolute atomic E-state index is 0.177. The number of para-hydroxylation sites is 1. The Balaban J connectivity index is 1.52. The van der Waals surface area contributed by atoms with Gasteiger partial charge in [0.2, 0.25) is 11.9 Å². The van der Waals surface area contributed by atoms with E-state index < -0.39 is 0 Å². The Morgan fingerprint density at radius 3 is 2.48 bits per heavy atom. The second-order valence-corrected chi connectivity index (χ2v) is 6.76. The van der Waals surface area contributed by atoms with E-state index in [2.05, 4.69) is 15.2 Å². The van der Waals surface area contributed by atoms with Crippen molar-refractivity contribution in [3.8, 4) is 0 Å². The summed E-state index contributed by atoms with van der Waals surface area (Å²) in [6.07, 6.45) is 1.84. The number of anilines is 2. The number of carbonyl (C=O) groups is 1. The van der Waals surface area contributed by atoms with Crippen LogP contribution in [0.5, 0.6) is 0 Å². The molecule has 0 radical (unpaired) electrons. The number of carbonyl (C=O) groups excluding carboxylic acids is 1. The molecule has 1 N–H and O–H groups in total. The number of aromatic amines is 1. The number of aromatic nitrogens is 3. The van der Waals surface area contributed by atoms with Gasteiger partial charge in [0.05, 0.1) is 6.54 Å². The van der Waals surface area contributed by atoms with Crippen LogP contribution in [0.25, 0.3) is 0 Å². The average Bonchev–Trinajstić information content (AvgIpc) is 3.13. The van der Waals surface area contributed by atoms with E-state index in [1.807, 2.05) is 66.2 Å². The fourth-order valence-electron chi connectivity index (χ4n) is 3.13. The molecular weight excluding hydrogens is 316 g/mol. The number of H-pyrrole nitrogens is 1. The van der Waals surface area contributed by atoms with Crippen molar-refractivity contribution < 1.29 is 4.79 Å². The molecule has 1 aliphatic rings. The van der Waals surface area contributed by atoms with Gasteiger partial charge in [0, 0.05) is 45.8 Å². The van der Waals surface area contributed by atoms with Crippen LogP contribution in [-0.4, -0.2) is 66.8 Å². The smallest absolute Gasteiger partial charge is 0.244 e. The molecule has 1 saturated heterocycles. The quantitative estimate of drug-likeness (QED) is 0.896. The van der Waals surface area contributed by atoms with Crippen molar-refractivity contribution in [1.82, 2.24) is 20.1 Å². The van der Waals surface area contributed by atoms with E-state index >= 15 is 0 Å². The van der Waals surface area contributed by atoms with Crippen molar-refractivity contribution in [3.63, 3.8) is 0 Å². The third-order valence-electron chi connectivity index (χ3n) is 4.69. The van der Waals surface area contributed by atoms with Crippen LogP contribution in [0.1, 0.15) is 24.6 Å². The Labute approximate surface area is 148 Å². The lowest BCUT2D eigenvalue weighted by molar-refractivity contribution is -0.130. The minimum Gasteiger partial charge on any atom is -0.365 e. The third kappa shape index (κ3) is 4.10. The number of nitrogens with zero attached hydrogens (tertiary/aromatic N) is 5. The monoisotopic (exact) mass is 342 g/mol. The third-order valence-corrected chi connectivity index (χ3v) is 4.69. The maximum Gasteiger partial charge on any atom is 0.244 e. The fraction of sp³-hybridized carbons (Fsp3) is 0.500. The molecule has 0 saturated carbocycles. The lowest BCUT2D eigenvalue weighted by Crippen LogP contribution is -2.43. The summed E-state index contributed by atoms with van der Waals surface area (Å²) in [5, 5.41) is 7.26. The van der Waals surface area contributed by atoms with Gasteiger partial charge in [-0.15, -0.1) is 5.10 Å². The van der Waals surface area contributed by atoms with Gasteiger partial charge in [-0.05, 0) is 25.0 Å². The summed E-state index contributed by atoms with van der Waals surface area (Å²) in [7, 11) is 5.81. The summed E-state index contributed by atoms with van der Waals surface area (Å²) >= 11 is 0. The van der Waals surface area contributed by atoms with Crippen LogP contribution >= 0.6 is 0 Å². The summed E-state index contributed by atoms with van der Waals surface area (Å²) in [6.45, 7) is 1.94. The molecule has 2 aromatic rings. The Hall–Kier alpha value is -2.57. The number of benzene rings is 1. The summed E-state index contributed by atoms with van der Waals surface area (Å²) in [5.41, 5.74) is 1.06. The van der Waals surface area contributed by atoms with Gasteiger partial charge >= 0.3 is 0 Å². The highest BCUT2D eigenvalue weighted by Crippen LogP contribution is 2.26. The van der Waals surface area contributed by atoms with Gasteiger partial charge in [0.25, 0.3) is 0 Å². The van der Waals surface area contributed by atoms with Crippen molar-refractivity contribution in [2.45, 2.75) is 18.8 Å². The van der Waals surface area contributed by atoms with Crippen LogP contribution in [0.4, 0.5) is 11.6 Å². The van der Waals surface area contributed by atoms with E-state index in [0.29, 0.717) is 18.4 Å². The Morgan fingerprint density at radius 2 is 1.88 bits per heavy atom. The average molecular weight is 342 g/mol. The molecule has 3 rings (SSSR count). The summed E-state index contributed by atoms with van der Waals surface area (Å²) < 4.78 is 0. The van der Waals surface area contributed by atoms with Crippen molar-refractivity contribution in [3.05, 3.63) is 36.2 Å². The largest absolute Gasteiger partial charge is 0.365 e. The zero-order valence-corrected chi connectivity index (χ0v) is 15.1. The second kappa shape index (κ2) is 7.55. The lowest BCUT2D eigenvalue weighted by Gasteiger charge is -2.32. The molecule has 25 heavy (non-hydrogen) atoms. The van der Waals surface area contributed by atoms with Gasteiger partial charge in [-0.3, -0.25) is 9.89 Å². The first-order valence-electron chi connectivity index (χ1n) is 8.68. The molecule has 2 heterocycles. The molecule has 7 heteroatoms. The highest BCUT2D eigenvalue weighted by molar-refractivity contribution is 5.81. The first-order valence-corrected chi connectivity index (χ1v) is 8.68. The number of piperidine rings is 1. The van der Waals surface area contributed by atoms with Crippen molar-refractivity contribution in [2.75, 3.05) is 50.6 Å². The van der Waals surface area contributed by atoms with Crippen LogP contribution in [-0.2, 0) is 4.79 Å². The van der Waals surface area contributed by atoms with Gasteiger partial charge < -0.3 is 14.7 Å². The zero-order chi connectivity index (χ0) is 17.8. The van der Waals surface area contributed by atoms with E-state index in [4.69, 9.17) is 0 Å². The van der Waals surface area contributed by atoms with Crippen LogP contribution < -0.4 is 9.80 Å². The normalized spacial score (nSPS) is 15.2. The van der Waals surface area contributed by atoms with Crippen molar-refractivity contribution in [2.24, 2.45) is 0 Å². The number of rotatable bonds is 5. The Kier molecular flexibility index (Phi) is 5.21. The van der Waals surface area contributed by atoms with E-state index in [1.165, 1.54) is 0 Å². The van der Waals surface area contributed by atoms with Crippen LogP contribution in [0.2, 0.25) is 0 Å². The summed E-state index contributed by atoms with van der Waals surface area (Å²) in [6, 6.07) is 10.00. The minimum atomic E-state index is 0.177. The molecule has 0 bridgehead atoms. The number of hydrogen-bond acceptors (Lipinski definition) is 5. The van der Waals surface area contributed by atoms with Gasteiger partial charge in [0.15, 0.2) is 0 Å². The maximum atomic E-state index is 12.6. The SMILES string of the molecule is CN(C)c1n[nH]c(C2CCN(C(=O)CN(C)c3ccccc3)CC2)n1. The summed E-state index contributed by atoms with van der Waals surface area (Å²) in [4.78, 5) is 22.9. The maximum absolute atomic E-state index is 12.6. The lowest BCUT2D eigenvalue weighted by atomic mass is 9.96. The fourth-order valence-corrected chi connectivity index (χ4v) is 3.13. The van der Waals surface area contributed by atoms with E-state index in [-0.39, 0.29) is 5.91 Å². The molecular formula is C18H26N6O. The van der Waals surface area contributed by atoms with Crippen molar-refractivity contribution >= 4 is 17.5 Å². The molecule has 0 spiro atoms. The number of likely N-dealkylation sites (N-methyl/N-ethyl adjacent to an activating group) is 1. The first-order chi connectivity index (χ1) is 12.0. The van der Waals surface area contributed by atoms with Gasteiger partial charge in [-0.1, -0.05) is 18.2 Å². The van der Waals surface area contributed by atoms with Gasteiger partial charge in [0.1, 0.15) is 5.82 Å². The number of amides is 1. The standard InChI is InChI=1S/C18H26N6O/c1-22(2)18-19-17(20-21-18)14-9-11-24(12-10-14)16(25)13-23(3)15-7-5-4-6-8-15/h4-8,14H,9-13H2,1-3H3,(H,19,20,21). The van der Waals surface area contributed by atoms with Crippen LogP contribution in [0.3, 0.4) is 0 Å². The molecule has 0 unspecified atom stereocenters.